The third-order valence-corrected chi connectivity index (χ3v) is 3.28. The highest BCUT2D eigenvalue weighted by Gasteiger charge is 2.20. The molecule has 94 valence electrons. The van der Waals surface area contributed by atoms with Gasteiger partial charge in [0.1, 0.15) is 0 Å². The zero-order valence-corrected chi connectivity index (χ0v) is 12.2. The van der Waals surface area contributed by atoms with Crippen molar-refractivity contribution >= 4 is 16.9 Å². The monoisotopic (exact) mass is 250 g/mol. The van der Waals surface area contributed by atoms with Crippen LogP contribution in [0.5, 0.6) is 0 Å². The van der Waals surface area contributed by atoms with Crippen molar-refractivity contribution in [2.24, 2.45) is 5.92 Å². The van der Waals surface area contributed by atoms with E-state index in [1.807, 2.05) is 18.2 Å². The van der Waals surface area contributed by atoms with E-state index >= 15 is 0 Å². The molecule has 0 N–H and O–H groups in total. The van der Waals surface area contributed by atoms with Gasteiger partial charge in [-0.25, -0.2) is 0 Å². The SMILES string of the molecule is CC(C)Cc1ccccc1C(=O)SC(C)(C)C. The first-order valence-corrected chi connectivity index (χ1v) is 6.92. The lowest BCUT2D eigenvalue weighted by Gasteiger charge is -2.17. The number of benzene rings is 1. The molecule has 17 heavy (non-hydrogen) atoms. The Labute approximate surface area is 109 Å². The molecule has 0 fully saturated rings. The molecule has 0 saturated carbocycles. The van der Waals surface area contributed by atoms with Gasteiger partial charge in [0, 0.05) is 10.3 Å². The van der Waals surface area contributed by atoms with Crippen LogP contribution in [0.3, 0.4) is 0 Å². The molecule has 0 aromatic heterocycles. The van der Waals surface area contributed by atoms with E-state index in [1.54, 1.807) is 0 Å². The van der Waals surface area contributed by atoms with Crippen LogP contribution in [0, 0.1) is 5.92 Å². The molecule has 1 aromatic rings. The first-order valence-electron chi connectivity index (χ1n) is 6.11. The Balaban J connectivity index is 2.93. The van der Waals surface area contributed by atoms with Crippen LogP contribution in [0.1, 0.15) is 50.5 Å². The molecule has 0 radical (unpaired) electrons. The van der Waals surface area contributed by atoms with Gasteiger partial charge in [-0.1, -0.05) is 70.6 Å². The average Bonchev–Trinajstić information content (AvgIpc) is 2.14. The lowest BCUT2D eigenvalue weighted by atomic mass is 9.99. The van der Waals surface area contributed by atoms with Crippen molar-refractivity contribution in [3.05, 3.63) is 35.4 Å². The number of hydrogen-bond donors (Lipinski definition) is 0. The minimum atomic E-state index is -0.0258. The molecular formula is C15H22OS. The molecule has 0 heterocycles. The van der Waals surface area contributed by atoms with Gasteiger partial charge in [-0.2, -0.15) is 0 Å². The van der Waals surface area contributed by atoms with E-state index in [4.69, 9.17) is 0 Å². The van der Waals surface area contributed by atoms with Gasteiger partial charge in [0.25, 0.3) is 0 Å². The normalized spacial score (nSPS) is 11.9. The highest BCUT2D eigenvalue weighted by molar-refractivity contribution is 8.15. The van der Waals surface area contributed by atoms with Crippen molar-refractivity contribution in [2.75, 3.05) is 0 Å². The third-order valence-electron chi connectivity index (χ3n) is 2.26. The van der Waals surface area contributed by atoms with Crippen LogP contribution in [0.15, 0.2) is 24.3 Å². The fourth-order valence-electron chi connectivity index (χ4n) is 1.67. The second kappa shape index (κ2) is 5.72. The standard InChI is InChI=1S/C15H22OS/c1-11(2)10-12-8-6-7-9-13(12)14(16)17-15(3,4)5/h6-9,11H,10H2,1-5H3. The summed E-state index contributed by atoms with van der Waals surface area (Å²) in [5, 5.41) is 0.189. The largest absolute Gasteiger partial charge is 0.282 e. The van der Waals surface area contributed by atoms with Crippen molar-refractivity contribution in [1.29, 1.82) is 0 Å². The maximum absolute atomic E-state index is 12.2. The van der Waals surface area contributed by atoms with E-state index in [0.29, 0.717) is 5.92 Å². The summed E-state index contributed by atoms with van der Waals surface area (Å²) >= 11 is 1.41. The van der Waals surface area contributed by atoms with Gasteiger partial charge >= 0.3 is 0 Å². The van der Waals surface area contributed by atoms with Gasteiger partial charge in [-0.05, 0) is 17.9 Å². The summed E-state index contributed by atoms with van der Waals surface area (Å²) in [6, 6.07) is 7.96. The number of hydrogen-bond acceptors (Lipinski definition) is 2. The zero-order valence-electron chi connectivity index (χ0n) is 11.4. The summed E-state index contributed by atoms with van der Waals surface area (Å²) in [5.74, 6) is 0.573. The van der Waals surface area contributed by atoms with Crippen molar-refractivity contribution in [3.8, 4) is 0 Å². The molecule has 0 spiro atoms. The van der Waals surface area contributed by atoms with Gasteiger partial charge in [-0.3, -0.25) is 4.79 Å². The van der Waals surface area contributed by atoms with Crippen LogP contribution < -0.4 is 0 Å². The topological polar surface area (TPSA) is 17.1 Å². The minimum absolute atomic E-state index is 0.0258. The Kier molecular flexibility index (Phi) is 4.81. The summed E-state index contributed by atoms with van der Waals surface area (Å²) in [4.78, 5) is 12.2. The maximum Gasteiger partial charge on any atom is 0.220 e. The summed E-state index contributed by atoms with van der Waals surface area (Å²) < 4.78 is -0.0258. The second-order valence-corrected chi connectivity index (χ2v) is 7.56. The van der Waals surface area contributed by atoms with Crippen molar-refractivity contribution in [3.63, 3.8) is 0 Å². The molecular weight excluding hydrogens is 228 g/mol. The molecule has 0 aliphatic rings. The van der Waals surface area contributed by atoms with E-state index in [9.17, 15) is 4.79 Å². The Morgan fingerprint density at radius 1 is 1.24 bits per heavy atom. The number of carbonyl (C=O) groups excluding carboxylic acids is 1. The highest BCUT2D eigenvalue weighted by Crippen LogP contribution is 2.29. The molecule has 2 heteroatoms. The Morgan fingerprint density at radius 2 is 1.82 bits per heavy atom. The molecule has 0 aliphatic carbocycles. The summed E-state index contributed by atoms with van der Waals surface area (Å²) in [6.45, 7) is 10.6. The minimum Gasteiger partial charge on any atom is -0.282 e. The van der Waals surface area contributed by atoms with E-state index in [2.05, 4.69) is 40.7 Å². The predicted molar refractivity (Wildman–Crippen MR) is 76.7 cm³/mol. The summed E-state index contributed by atoms with van der Waals surface area (Å²) in [5.41, 5.74) is 2.05. The van der Waals surface area contributed by atoms with Gasteiger partial charge in [0.15, 0.2) is 0 Å². The molecule has 1 nitrogen and oxygen atoms in total. The fourth-order valence-corrected chi connectivity index (χ4v) is 2.54. The van der Waals surface area contributed by atoms with Crippen molar-refractivity contribution in [2.45, 2.75) is 45.8 Å². The van der Waals surface area contributed by atoms with Gasteiger partial charge in [0.2, 0.25) is 5.12 Å². The van der Waals surface area contributed by atoms with E-state index in [0.717, 1.165) is 12.0 Å². The maximum atomic E-state index is 12.2. The van der Waals surface area contributed by atoms with Gasteiger partial charge in [0.05, 0.1) is 0 Å². The summed E-state index contributed by atoms with van der Waals surface area (Å²) in [6.07, 6.45) is 0.965. The molecule has 0 saturated heterocycles. The van der Waals surface area contributed by atoms with Crippen LogP contribution in [-0.2, 0) is 6.42 Å². The lowest BCUT2D eigenvalue weighted by molar-refractivity contribution is 0.108. The Morgan fingerprint density at radius 3 is 2.35 bits per heavy atom. The van der Waals surface area contributed by atoms with E-state index < -0.39 is 0 Å². The molecule has 0 unspecified atom stereocenters. The highest BCUT2D eigenvalue weighted by atomic mass is 32.2. The first kappa shape index (κ1) is 14.3. The zero-order chi connectivity index (χ0) is 13.1. The number of carbonyl (C=O) groups is 1. The van der Waals surface area contributed by atoms with Crippen molar-refractivity contribution < 1.29 is 4.79 Å². The predicted octanol–water partition coefficient (Wildman–Crippen LogP) is 4.56. The van der Waals surface area contributed by atoms with Crippen LogP contribution >= 0.6 is 11.8 Å². The van der Waals surface area contributed by atoms with Crippen LogP contribution in [0.25, 0.3) is 0 Å². The summed E-state index contributed by atoms with van der Waals surface area (Å²) in [7, 11) is 0. The Bertz CT molecular complexity index is 388. The van der Waals surface area contributed by atoms with E-state index in [-0.39, 0.29) is 9.86 Å². The molecule has 0 aliphatic heterocycles. The Hall–Kier alpha value is -0.760. The second-order valence-electron chi connectivity index (χ2n) is 5.76. The van der Waals surface area contributed by atoms with Gasteiger partial charge in [-0.15, -0.1) is 0 Å². The van der Waals surface area contributed by atoms with Crippen LogP contribution in [-0.4, -0.2) is 9.86 Å². The van der Waals surface area contributed by atoms with Gasteiger partial charge < -0.3 is 0 Å². The lowest BCUT2D eigenvalue weighted by Crippen LogP contribution is -2.13. The van der Waals surface area contributed by atoms with Crippen LogP contribution in [0.2, 0.25) is 0 Å². The fraction of sp³-hybridized carbons (Fsp3) is 0.533. The molecule has 1 aromatic carbocycles. The molecule has 0 atom stereocenters. The third kappa shape index (κ3) is 4.95. The molecule has 0 amide bonds. The van der Waals surface area contributed by atoms with Crippen molar-refractivity contribution in [1.82, 2.24) is 0 Å². The van der Waals surface area contributed by atoms with Crippen LogP contribution in [0.4, 0.5) is 0 Å². The molecule has 1 rings (SSSR count). The average molecular weight is 250 g/mol. The number of thioether (sulfide) groups is 1. The number of rotatable bonds is 3. The first-order chi connectivity index (χ1) is 7.79. The quantitative estimate of drug-likeness (QED) is 0.782. The smallest absolute Gasteiger partial charge is 0.220 e. The molecule has 0 bridgehead atoms. The van der Waals surface area contributed by atoms with E-state index in [1.165, 1.54) is 17.3 Å².